The normalized spacial score (nSPS) is 15.8. The summed E-state index contributed by atoms with van der Waals surface area (Å²) in [5.41, 5.74) is -4.08. The van der Waals surface area contributed by atoms with E-state index >= 15 is 0 Å². The smallest absolute Gasteiger partial charge is 0.337 e. The highest BCUT2D eigenvalue weighted by Gasteiger charge is 2.53. The fourth-order valence-electron chi connectivity index (χ4n) is 1.59. The molecular formula is C12H18O8. The van der Waals surface area contributed by atoms with Crippen molar-refractivity contribution in [2.75, 3.05) is 0 Å². The van der Waals surface area contributed by atoms with E-state index in [1.807, 2.05) is 0 Å². The van der Waals surface area contributed by atoms with Crippen LogP contribution in [0.1, 0.15) is 34.1 Å². The lowest BCUT2D eigenvalue weighted by molar-refractivity contribution is -0.187. The van der Waals surface area contributed by atoms with Crippen LogP contribution in [0.15, 0.2) is 0 Å². The number of aliphatic hydroxyl groups is 1. The Kier molecular flexibility index (Phi) is 5.41. The summed E-state index contributed by atoms with van der Waals surface area (Å²) < 4.78 is 4.86. The Bertz CT molecular complexity index is 433. The minimum Gasteiger partial charge on any atom is -0.481 e. The van der Waals surface area contributed by atoms with Gasteiger partial charge in [-0.2, -0.15) is 0 Å². The Morgan fingerprint density at radius 1 is 1.10 bits per heavy atom. The molecule has 0 aliphatic rings. The van der Waals surface area contributed by atoms with Crippen molar-refractivity contribution in [2.45, 2.75) is 45.3 Å². The van der Waals surface area contributed by atoms with E-state index in [1.165, 1.54) is 20.8 Å². The van der Waals surface area contributed by atoms with Crippen LogP contribution in [-0.2, 0) is 23.9 Å². The number of esters is 1. The van der Waals surface area contributed by atoms with Crippen molar-refractivity contribution < 1.29 is 39.2 Å². The number of ketones is 1. The van der Waals surface area contributed by atoms with Crippen molar-refractivity contribution >= 4 is 23.7 Å². The molecule has 0 saturated carbocycles. The van der Waals surface area contributed by atoms with Gasteiger partial charge in [-0.1, -0.05) is 0 Å². The van der Waals surface area contributed by atoms with Gasteiger partial charge in [0.2, 0.25) is 0 Å². The lowest BCUT2D eigenvalue weighted by Crippen LogP contribution is -2.54. The van der Waals surface area contributed by atoms with Crippen molar-refractivity contribution in [1.29, 1.82) is 0 Å². The summed E-state index contributed by atoms with van der Waals surface area (Å²) in [6.45, 7) is 5.34. The molecule has 0 heterocycles. The summed E-state index contributed by atoms with van der Waals surface area (Å²) in [7, 11) is 0. The van der Waals surface area contributed by atoms with Gasteiger partial charge in [0.25, 0.3) is 0 Å². The van der Waals surface area contributed by atoms with Gasteiger partial charge >= 0.3 is 17.9 Å². The Labute approximate surface area is 115 Å². The van der Waals surface area contributed by atoms with Gasteiger partial charge in [-0.05, 0) is 27.7 Å². The highest BCUT2D eigenvalue weighted by Crippen LogP contribution is 2.26. The molecule has 0 aromatic carbocycles. The third-order valence-electron chi connectivity index (χ3n) is 2.32. The Balaban J connectivity index is 5.63. The van der Waals surface area contributed by atoms with Crippen LogP contribution in [0, 0.1) is 5.92 Å². The number of aliphatic carboxylic acids is 2. The fourth-order valence-corrected chi connectivity index (χ4v) is 1.59. The minimum atomic E-state index is -3.06. The van der Waals surface area contributed by atoms with Crippen LogP contribution in [0.25, 0.3) is 0 Å². The zero-order chi connectivity index (χ0) is 16.3. The average molecular weight is 290 g/mol. The first kappa shape index (κ1) is 18.0. The molecule has 8 heteroatoms. The molecule has 0 aliphatic carbocycles. The molecule has 0 aliphatic heterocycles. The molecule has 8 nitrogen and oxygen atoms in total. The number of hydrogen-bond donors (Lipinski definition) is 3. The molecule has 2 unspecified atom stereocenters. The molecule has 20 heavy (non-hydrogen) atoms. The van der Waals surface area contributed by atoms with Gasteiger partial charge in [0.15, 0.2) is 11.5 Å². The van der Waals surface area contributed by atoms with Gasteiger partial charge in [0, 0.05) is 0 Å². The van der Waals surface area contributed by atoms with Crippen LogP contribution in [0.2, 0.25) is 0 Å². The molecule has 0 saturated heterocycles. The van der Waals surface area contributed by atoms with Crippen molar-refractivity contribution in [3.8, 4) is 0 Å². The molecule has 3 N–H and O–H groups in total. The molecule has 0 spiro atoms. The zero-order valence-electron chi connectivity index (χ0n) is 11.7. The quantitative estimate of drug-likeness (QED) is 0.452. The minimum absolute atomic E-state index is 0.879. The number of carbonyl (C=O) groups is 4. The van der Waals surface area contributed by atoms with E-state index in [1.54, 1.807) is 0 Å². The molecule has 114 valence electrons. The van der Waals surface area contributed by atoms with E-state index < -0.39 is 47.2 Å². The summed E-state index contributed by atoms with van der Waals surface area (Å²) in [6.07, 6.45) is -1.30. The van der Waals surface area contributed by atoms with E-state index in [0.717, 1.165) is 6.92 Å². The predicted octanol–water partition coefficient (Wildman–Crippen LogP) is -0.176. The first-order valence-electron chi connectivity index (χ1n) is 5.72. The molecule has 0 fully saturated rings. The van der Waals surface area contributed by atoms with E-state index in [9.17, 15) is 24.3 Å². The van der Waals surface area contributed by atoms with Gasteiger partial charge in [-0.25, -0.2) is 4.79 Å². The van der Waals surface area contributed by atoms with Crippen LogP contribution in [-0.4, -0.2) is 50.2 Å². The molecule has 0 aromatic heterocycles. The lowest BCUT2D eigenvalue weighted by atomic mass is 9.81. The number of carbonyl (C=O) groups excluding carboxylic acids is 2. The Morgan fingerprint density at radius 2 is 1.55 bits per heavy atom. The van der Waals surface area contributed by atoms with Crippen LogP contribution >= 0.6 is 0 Å². The van der Waals surface area contributed by atoms with Crippen molar-refractivity contribution in [3.05, 3.63) is 0 Å². The highest BCUT2D eigenvalue weighted by molar-refractivity contribution is 6.05. The predicted molar refractivity (Wildman–Crippen MR) is 64.9 cm³/mol. The molecule has 0 amide bonds. The van der Waals surface area contributed by atoms with E-state index in [0.29, 0.717) is 0 Å². The number of carboxylic acids is 2. The number of hydrogen-bond acceptors (Lipinski definition) is 6. The second kappa shape index (κ2) is 6.00. The SMILES string of the molecule is CC(=O)C(C(=O)OC(C)(C)C)C(O)(CC(=O)O)C(=O)O. The topological polar surface area (TPSA) is 138 Å². The molecule has 2 atom stereocenters. The highest BCUT2D eigenvalue weighted by atomic mass is 16.6. The number of carboxylic acid groups (broad SMARTS) is 2. The lowest BCUT2D eigenvalue weighted by Gasteiger charge is -2.30. The maximum atomic E-state index is 11.9. The first-order valence-corrected chi connectivity index (χ1v) is 5.72. The fraction of sp³-hybridized carbons (Fsp3) is 0.667. The van der Waals surface area contributed by atoms with E-state index in [2.05, 4.69) is 0 Å². The van der Waals surface area contributed by atoms with Gasteiger partial charge < -0.3 is 20.1 Å². The maximum Gasteiger partial charge on any atom is 0.337 e. The van der Waals surface area contributed by atoms with Crippen molar-refractivity contribution in [2.24, 2.45) is 5.92 Å². The number of Topliss-reactive ketones (excluding diaryl/α,β-unsaturated/α-hetero) is 1. The van der Waals surface area contributed by atoms with Crippen LogP contribution in [0.4, 0.5) is 0 Å². The summed E-state index contributed by atoms with van der Waals surface area (Å²) >= 11 is 0. The third-order valence-corrected chi connectivity index (χ3v) is 2.32. The van der Waals surface area contributed by atoms with E-state index in [-0.39, 0.29) is 0 Å². The summed E-state index contributed by atoms with van der Waals surface area (Å²) in [4.78, 5) is 45.1. The third kappa shape index (κ3) is 4.61. The zero-order valence-corrected chi connectivity index (χ0v) is 11.7. The first-order chi connectivity index (χ1) is 8.81. The van der Waals surface area contributed by atoms with Crippen molar-refractivity contribution in [3.63, 3.8) is 0 Å². The Morgan fingerprint density at radius 3 is 1.80 bits per heavy atom. The summed E-state index contributed by atoms with van der Waals surface area (Å²) in [6, 6.07) is 0. The maximum absolute atomic E-state index is 11.9. The number of rotatable bonds is 6. The largest absolute Gasteiger partial charge is 0.481 e. The van der Waals surface area contributed by atoms with Crippen molar-refractivity contribution in [1.82, 2.24) is 0 Å². The molecule has 0 rings (SSSR count). The molecule has 0 radical (unpaired) electrons. The Hall–Kier alpha value is -1.96. The standard InChI is InChI=1S/C12H18O8/c1-6(13)8(9(16)20-11(2,3)4)12(19,10(17)18)5-7(14)15/h8,19H,5H2,1-4H3,(H,14,15)(H,17,18). The van der Waals surface area contributed by atoms with Gasteiger partial charge in [-0.15, -0.1) is 0 Å². The summed E-state index contributed by atoms with van der Waals surface area (Å²) in [5, 5.41) is 27.6. The number of ether oxygens (including phenoxy) is 1. The monoisotopic (exact) mass is 290 g/mol. The summed E-state index contributed by atoms with van der Waals surface area (Å²) in [5.74, 6) is -8.03. The molecule has 0 aromatic rings. The van der Waals surface area contributed by atoms with Gasteiger partial charge in [0.05, 0.1) is 6.42 Å². The molecular weight excluding hydrogens is 272 g/mol. The van der Waals surface area contributed by atoms with Crippen LogP contribution < -0.4 is 0 Å². The van der Waals surface area contributed by atoms with Crippen LogP contribution in [0.5, 0.6) is 0 Å². The second-order valence-corrected chi connectivity index (χ2v) is 5.38. The van der Waals surface area contributed by atoms with Gasteiger partial charge in [0.1, 0.15) is 11.4 Å². The average Bonchev–Trinajstić information content (AvgIpc) is 2.11. The van der Waals surface area contributed by atoms with E-state index in [4.69, 9.17) is 14.9 Å². The second-order valence-electron chi connectivity index (χ2n) is 5.38. The van der Waals surface area contributed by atoms with Gasteiger partial charge in [-0.3, -0.25) is 14.4 Å². The van der Waals surface area contributed by atoms with Crippen LogP contribution in [0.3, 0.4) is 0 Å². The molecule has 0 bridgehead atoms.